The largest absolute Gasteiger partial charge is 0.485 e. The van der Waals surface area contributed by atoms with E-state index in [1.165, 1.54) is 29.4 Å². The molecule has 7 nitrogen and oxygen atoms in total. The minimum absolute atomic E-state index is 0.0860. The highest BCUT2D eigenvalue weighted by atomic mass is 19.1. The van der Waals surface area contributed by atoms with Gasteiger partial charge in [0.15, 0.2) is 11.5 Å². The number of aromatic nitrogens is 2. The van der Waals surface area contributed by atoms with Crippen molar-refractivity contribution in [3.8, 4) is 17.0 Å². The van der Waals surface area contributed by atoms with Crippen LogP contribution in [0, 0.1) is 11.8 Å². The Morgan fingerprint density at radius 2 is 1.94 bits per heavy atom. The van der Waals surface area contributed by atoms with Crippen LogP contribution in [0.1, 0.15) is 24.5 Å². The molecule has 0 radical (unpaired) electrons. The molecule has 2 aliphatic heterocycles. The number of aliphatic imine (C=N–C) groups is 1. The maximum absolute atomic E-state index is 14.3. The number of hydrogen-bond acceptors (Lipinski definition) is 6. The van der Waals surface area contributed by atoms with Crippen LogP contribution in [0.25, 0.3) is 11.3 Å². The lowest BCUT2D eigenvalue weighted by molar-refractivity contribution is -0.133. The van der Waals surface area contributed by atoms with Gasteiger partial charge in [-0.1, -0.05) is 12.1 Å². The van der Waals surface area contributed by atoms with Gasteiger partial charge in [-0.05, 0) is 42.8 Å². The number of amides is 1. The van der Waals surface area contributed by atoms with E-state index in [4.69, 9.17) is 10.5 Å². The highest BCUT2D eigenvalue weighted by Gasteiger charge is 2.57. The van der Waals surface area contributed by atoms with Crippen LogP contribution in [0.3, 0.4) is 0 Å². The van der Waals surface area contributed by atoms with Crippen molar-refractivity contribution in [3.05, 3.63) is 77.8 Å². The van der Waals surface area contributed by atoms with Crippen molar-refractivity contribution >= 4 is 11.9 Å². The third-order valence-corrected chi connectivity index (χ3v) is 6.13. The molecule has 3 aromatic rings. The van der Waals surface area contributed by atoms with E-state index < -0.39 is 17.1 Å². The fraction of sp³-hybridized carbons (Fsp3) is 0.250. The van der Waals surface area contributed by atoms with Gasteiger partial charge in [-0.25, -0.2) is 14.4 Å². The number of hydrogen-bond donors (Lipinski definition) is 1. The monoisotopic (exact) mass is 449 g/mol. The van der Waals surface area contributed by atoms with Crippen LogP contribution < -0.4 is 10.5 Å². The zero-order valence-corrected chi connectivity index (χ0v) is 18.0. The molecule has 0 bridgehead atoms. The summed E-state index contributed by atoms with van der Waals surface area (Å²) in [7, 11) is 1.56. The van der Waals surface area contributed by atoms with Crippen molar-refractivity contribution in [3.63, 3.8) is 0 Å². The maximum Gasteiger partial charge on any atom is 0.261 e. The number of ether oxygens (including phenoxy) is 1. The first kappa shape index (κ1) is 21.0. The Morgan fingerprint density at radius 3 is 2.61 bits per heavy atom. The first-order valence-electron chi connectivity index (χ1n) is 10.4. The lowest BCUT2D eigenvalue weighted by atomic mass is 9.75. The first-order valence-corrected chi connectivity index (χ1v) is 10.4. The molecule has 2 aliphatic rings. The van der Waals surface area contributed by atoms with Crippen LogP contribution in [0.5, 0.6) is 5.75 Å². The van der Waals surface area contributed by atoms with E-state index in [0.29, 0.717) is 23.4 Å². The number of benzene rings is 1. The standard InChI is InChI=1S/C24H21F2N5O2/c1-23(11-14-5-7-15(25)8-6-14)13-24(21(32)31(2)22(27)30-24)17-10-18(29-12-19(17)33-23)16-4-3-9-28-20(16)26/h3-10,12H,11,13H2,1-2H3,(H2,27,30)/t23-,24?/m1/s1. The summed E-state index contributed by atoms with van der Waals surface area (Å²) < 4.78 is 34.1. The second-order valence-electron chi connectivity index (χ2n) is 8.63. The van der Waals surface area contributed by atoms with Crippen molar-refractivity contribution < 1.29 is 18.3 Å². The molecule has 33 heavy (non-hydrogen) atoms. The van der Waals surface area contributed by atoms with Gasteiger partial charge >= 0.3 is 0 Å². The predicted octanol–water partition coefficient (Wildman–Crippen LogP) is 3.19. The molecule has 2 aromatic heterocycles. The molecule has 0 saturated heterocycles. The smallest absolute Gasteiger partial charge is 0.261 e. The lowest BCUT2D eigenvalue weighted by Gasteiger charge is -2.43. The molecule has 168 valence electrons. The zero-order chi connectivity index (χ0) is 23.4. The zero-order valence-electron chi connectivity index (χ0n) is 18.0. The van der Waals surface area contributed by atoms with E-state index in [1.807, 2.05) is 6.92 Å². The minimum atomic E-state index is -1.35. The number of nitrogens with zero attached hydrogens (tertiary/aromatic N) is 4. The molecule has 5 rings (SSSR count). The van der Waals surface area contributed by atoms with E-state index >= 15 is 0 Å². The first-order chi connectivity index (χ1) is 15.7. The Balaban J connectivity index is 1.64. The van der Waals surface area contributed by atoms with Crippen molar-refractivity contribution in [1.29, 1.82) is 0 Å². The summed E-state index contributed by atoms with van der Waals surface area (Å²) in [5.74, 6) is -0.866. The highest BCUT2D eigenvalue weighted by Crippen LogP contribution is 2.50. The van der Waals surface area contributed by atoms with Crippen LogP contribution in [0.2, 0.25) is 0 Å². The van der Waals surface area contributed by atoms with Crippen LogP contribution in [0.15, 0.2) is 59.9 Å². The van der Waals surface area contributed by atoms with Gasteiger partial charge in [-0.15, -0.1) is 0 Å². The maximum atomic E-state index is 14.3. The van der Waals surface area contributed by atoms with Gasteiger partial charge in [0.1, 0.15) is 17.2 Å². The average Bonchev–Trinajstić information content (AvgIpc) is 2.99. The number of halogens is 2. The summed E-state index contributed by atoms with van der Waals surface area (Å²) in [6, 6.07) is 10.9. The van der Waals surface area contributed by atoms with Gasteiger partial charge in [0.05, 0.1) is 17.5 Å². The van der Waals surface area contributed by atoms with Gasteiger partial charge in [-0.2, -0.15) is 4.39 Å². The van der Waals surface area contributed by atoms with E-state index in [0.717, 1.165) is 5.56 Å². The summed E-state index contributed by atoms with van der Waals surface area (Å²) in [4.78, 5) is 27.4. The minimum Gasteiger partial charge on any atom is -0.485 e. The van der Waals surface area contributed by atoms with Gasteiger partial charge in [-0.3, -0.25) is 14.7 Å². The summed E-state index contributed by atoms with van der Waals surface area (Å²) in [5, 5.41) is 0. The number of fused-ring (bicyclic) bond motifs is 2. The molecular formula is C24H21F2N5O2. The average molecular weight is 449 g/mol. The van der Waals surface area contributed by atoms with Gasteiger partial charge in [0.2, 0.25) is 5.95 Å². The topological polar surface area (TPSA) is 93.7 Å². The van der Waals surface area contributed by atoms with Crippen LogP contribution in [0.4, 0.5) is 8.78 Å². The second kappa shape index (κ2) is 7.33. The SMILES string of the molecule is CN1C(=O)C2(C[C@@](C)(Cc3ccc(F)cc3)Oc3cnc(-c4cccnc4F)cc32)N=C1N. The predicted molar refractivity (Wildman–Crippen MR) is 117 cm³/mol. The molecule has 2 atom stereocenters. The molecule has 1 unspecified atom stereocenters. The fourth-order valence-electron chi connectivity index (χ4n) is 4.63. The molecule has 9 heteroatoms. The van der Waals surface area contributed by atoms with E-state index in [2.05, 4.69) is 15.0 Å². The number of guanidine groups is 1. The van der Waals surface area contributed by atoms with E-state index in [1.54, 1.807) is 37.4 Å². The summed E-state index contributed by atoms with van der Waals surface area (Å²) in [6.07, 6.45) is 3.41. The number of nitrogens with two attached hydrogens (primary N) is 1. The number of likely N-dealkylation sites (N-methyl/N-ethyl adjacent to an activating group) is 1. The number of pyridine rings is 2. The normalized spacial score (nSPS) is 23.9. The van der Waals surface area contributed by atoms with Crippen molar-refractivity contribution in [2.24, 2.45) is 10.7 Å². The second-order valence-corrected chi connectivity index (χ2v) is 8.63. The van der Waals surface area contributed by atoms with Crippen LogP contribution in [-0.2, 0) is 16.8 Å². The van der Waals surface area contributed by atoms with Crippen molar-refractivity contribution in [2.45, 2.75) is 30.9 Å². The van der Waals surface area contributed by atoms with Crippen LogP contribution >= 0.6 is 0 Å². The van der Waals surface area contributed by atoms with E-state index in [9.17, 15) is 13.6 Å². The van der Waals surface area contributed by atoms with Gasteiger partial charge in [0.25, 0.3) is 5.91 Å². The van der Waals surface area contributed by atoms with E-state index in [-0.39, 0.29) is 29.7 Å². The van der Waals surface area contributed by atoms with Crippen molar-refractivity contribution in [2.75, 3.05) is 7.05 Å². The van der Waals surface area contributed by atoms with Crippen molar-refractivity contribution in [1.82, 2.24) is 14.9 Å². The molecule has 0 aliphatic carbocycles. The van der Waals surface area contributed by atoms with Gasteiger partial charge < -0.3 is 10.5 Å². The lowest BCUT2D eigenvalue weighted by Crippen LogP contribution is -2.51. The Morgan fingerprint density at radius 1 is 1.18 bits per heavy atom. The molecule has 1 amide bonds. The Bertz CT molecular complexity index is 1300. The molecule has 0 fully saturated rings. The number of carbonyl (C=O) groups is 1. The summed E-state index contributed by atoms with van der Waals surface area (Å²) in [6.45, 7) is 1.87. The van der Waals surface area contributed by atoms with Crippen LogP contribution in [-0.4, -0.2) is 39.4 Å². The summed E-state index contributed by atoms with van der Waals surface area (Å²) >= 11 is 0. The Hall–Kier alpha value is -3.88. The molecular weight excluding hydrogens is 428 g/mol. The Labute approximate surface area is 188 Å². The Kier molecular flexibility index (Phi) is 4.66. The summed E-state index contributed by atoms with van der Waals surface area (Å²) in [5.41, 5.74) is 5.65. The molecule has 4 heterocycles. The number of carbonyl (C=O) groups excluding carboxylic acids is 1. The molecule has 1 spiro atoms. The molecule has 2 N–H and O–H groups in total. The van der Waals surface area contributed by atoms with Gasteiger partial charge in [0, 0.05) is 31.6 Å². The molecule has 0 saturated carbocycles. The fourth-order valence-corrected chi connectivity index (χ4v) is 4.63. The number of rotatable bonds is 3. The third kappa shape index (κ3) is 3.40. The molecule has 1 aromatic carbocycles. The highest BCUT2D eigenvalue weighted by molar-refractivity contribution is 6.07. The third-order valence-electron chi connectivity index (χ3n) is 6.13. The quantitative estimate of drug-likeness (QED) is 0.620.